The summed E-state index contributed by atoms with van der Waals surface area (Å²) in [5.41, 5.74) is 1.21. The third-order valence-electron chi connectivity index (χ3n) is 4.40. The van der Waals surface area contributed by atoms with Gasteiger partial charge in [-0.2, -0.15) is 0 Å². The van der Waals surface area contributed by atoms with E-state index in [0.717, 1.165) is 36.5 Å². The number of ether oxygens (including phenoxy) is 2. The molecule has 1 atom stereocenters. The first-order valence-electron chi connectivity index (χ1n) is 7.76. The maximum atomic E-state index is 11.6. The van der Waals surface area contributed by atoms with Crippen LogP contribution in [0.5, 0.6) is 11.5 Å². The average Bonchev–Trinajstić information content (AvgIpc) is 3.00. The molecule has 1 saturated heterocycles. The second-order valence-electron chi connectivity index (χ2n) is 5.84. The predicted molar refractivity (Wildman–Crippen MR) is 85.3 cm³/mol. The molecule has 1 saturated carbocycles. The van der Waals surface area contributed by atoms with Crippen LogP contribution in [0.4, 0.5) is 0 Å². The Labute approximate surface area is 130 Å². The lowest BCUT2D eigenvalue weighted by Crippen LogP contribution is -2.14. The quantitative estimate of drug-likeness (QED) is 0.837. The smallest absolute Gasteiger partial charge is 0.189 e. The Bertz CT molecular complexity index is 509. The Morgan fingerprint density at radius 1 is 1.14 bits per heavy atom. The topological polar surface area (TPSA) is 35.5 Å². The van der Waals surface area contributed by atoms with Crippen LogP contribution in [0.3, 0.4) is 0 Å². The van der Waals surface area contributed by atoms with Gasteiger partial charge in [-0.15, -0.1) is 0 Å². The van der Waals surface area contributed by atoms with E-state index < -0.39 is 0 Å². The highest BCUT2D eigenvalue weighted by Gasteiger charge is 2.24. The summed E-state index contributed by atoms with van der Waals surface area (Å²) in [4.78, 5) is 11.6. The molecule has 0 amide bonds. The average molecular weight is 306 g/mol. The van der Waals surface area contributed by atoms with Crippen molar-refractivity contribution in [2.75, 3.05) is 12.9 Å². The van der Waals surface area contributed by atoms with Gasteiger partial charge in [0.15, 0.2) is 16.6 Å². The molecular weight excluding hydrogens is 284 g/mol. The molecule has 0 radical (unpaired) electrons. The monoisotopic (exact) mass is 306 g/mol. The molecule has 1 aromatic carbocycles. The zero-order valence-electron chi connectivity index (χ0n) is 12.5. The van der Waals surface area contributed by atoms with Gasteiger partial charge in [-0.3, -0.25) is 4.79 Å². The summed E-state index contributed by atoms with van der Waals surface area (Å²) in [5, 5.41) is 0.306. The Balaban J connectivity index is 1.79. The van der Waals surface area contributed by atoms with Crippen molar-refractivity contribution in [1.29, 1.82) is 0 Å². The van der Waals surface area contributed by atoms with Gasteiger partial charge in [-0.1, -0.05) is 17.8 Å². The number of rotatable bonds is 4. The van der Waals surface area contributed by atoms with E-state index in [-0.39, 0.29) is 0 Å². The van der Waals surface area contributed by atoms with Crippen molar-refractivity contribution in [3.63, 3.8) is 0 Å². The largest absolute Gasteiger partial charge is 0.493 e. The maximum absolute atomic E-state index is 11.6. The molecule has 0 aromatic heterocycles. The second-order valence-corrected chi connectivity index (χ2v) is 7.00. The molecule has 114 valence electrons. The van der Waals surface area contributed by atoms with Crippen molar-refractivity contribution in [1.82, 2.24) is 0 Å². The van der Waals surface area contributed by atoms with Crippen LogP contribution in [0, 0.1) is 0 Å². The van der Waals surface area contributed by atoms with Gasteiger partial charge >= 0.3 is 0 Å². The summed E-state index contributed by atoms with van der Waals surface area (Å²) >= 11 is 1.46. The van der Waals surface area contributed by atoms with Crippen LogP contribution in [0.15, 0.2) is 18.2 Å². The molecule has 1 aromatic rings. The molecule has 0 bridgehead atoms. The van der Waals surface area contributed by atoms with E-state index in [1.54, 1.807) is 7.11 Å². The van der Waals surface area contributed by atoms with Crippen LogP contribution in [0.2, 0.25) is 0 Å². The van der Waals surface area contributed by atoms with E-state index in [4.69, 9.17) is 9.47 Å². The van der Waals surface area contributed by atoms with Crippen LogP contribution in [0.25, 0.3) is 0 Å². The van der Waals surface area contributed by atoms with Gasteiger partial charge < -0.3 is 9.47 Å². The molecular formula is C17H22O3S. The van der Waals surface area contributed by atoms with Gasteiger partial charge in [-0.05, 0) is 55.7 Å². The van der Waals surface area contributed by atoms with Crippen LogP contribution in [-0.4, -0.2) is 24.1 Å². The Morgan fingerprint density at radius 3 is 2.67 bits per heavy atom. The summed E-state index contributed by atoms with van der Waals surface area (Å²) in [6, 6.07) is 6.14. The standard InChI is InChI=1S/C17H22O3S/c1-19-15-7-6-12(13-8-9-21-17(18)11-13)10-16(15)20-14-4-2-3-5-14/h6-7,10,13-14H,2-5,8-9,11H2,1H3. The zero-order chi connectivity index (χ0) is 14.7. The van der Waals surface area contributed by atoms with Crippen molar-refractivity contribution in [2.24, 2.45) is 0 Å². The minimum Gasteiger partial charge on any atom is -0.493 e. The molecule has 1 aliphatic carbocycles. The lowest BCUT2D eigenvalue weighted by atomic mass is 9.93. The van der Waals surface area contributed by atoms with E-state index in [1.807, 2.05) is 6.07 Å². The number of hydrogen-bond donors (Lipinski definition) is 0. The SMILES string of the molecule is COc1ccc(C2CCSC(=O)C2)cc1OC1CCCC1. The Morgan fingerprint density at radius 2 is 1.95 bits per heavy atom. The fourth-order valence-electron chi connectivity index (χ4n) is 3.19. The molecule has 4 heteroatoms. The van der Waals surface area contributed by atoms with E-state index in [9.17, 15) is 4.79 Å². The molecule has 3 rings (SSSR count). The molecule has 21 heavy (non-hydrogen) atoms. The second kappa shape index (κ2) is 6.73. The van der Waals surface area contributed by atoms with Crippen LogP contribution in [0.1, 0.15) is 50.0 Å². The summed E-state index contributed by atoms with van der Waals surface area (Å²) in [7, 11) is 1.68. The van der Waals surface area contributed by atoms with E-state index in [2.05, 4.69) is 12.1 Å². The van der Waals surface area contributed by atoms with Gasteiger partial charge in [0.2, 0.25) is 0 Å². The van der Waals surface area contributed by atoms with E-state index in [0.29, 0.717) is 23.6 Å². The summed E-state index contributed by atoms with van der Waals surface area (Å²) in [6.07, 6.45) is 6.78. The summed E-state index contributed by atoms with van der Waals surface area (Å²) < 4.78 is 11.6. The first-order chi connectivity index (χ1) is 10.3. The maximum Gasteiger partial charge on any atom is 0.189 e. The molecule has 2 aliphatic rings. The first kappa shape index (κ1) is 14.8. The van der Waals surface area contributed by atoms with Crippen molar-refractivity contribution in [3.05, 3.63) is 23.8 Å². The highest BCUT2D eigenvalue weighted by Crippen LogP contribution is 2.38. The predicted octanol–water partition coefficient (Wildman–Crippen LogP) is 4.15. The van der Waals surface area contributed by atoms with Gasteiger partial charge in [-0.25, -0.2) is 0 Å². The van der Waals surface area contributed by atoms with E-state index >= 15 is 0 Å². The number of carbonyl (C=O) groups excluding carboxylic acids is 1. The summed E-state index contributed by atoms with van der Waals surface area (Å²) in [6.45, 7) is 0. The minimum atomic E-state index is 0.306. The number of benzene rings is 1. The van der Waals surface area contributed by atoms with Crippen LogP contribution < -0.4 is 9.47 Å². The molecule has 3 nitrogen and oxygen atoms in total. The van der Waals surface area contributed by atoms with Crippen LogP contribution in [-0.2, 0) is 4.79 Å². The van der Waals surface area contributed by atoms with Gasteiger partial charge in [0, 0.05) is 12.2 Å². The molecule has 1 heterocycles. The van der Waals surface area contributed by atoms with Gasteiger partial charge in [0.05, 0.1) is 13.2 Å². The molecule has 0 spiro atoms. The van der Waals surface area contributed by atoms with Crippen molar-refractivity contribution in [2.45, 2.75) is 50.5 Å². The highest BCUT2D eigenvalue weighted by atomic mass is 32.2. The molecule has 1 aliphatic heterocycles. The Hall–Kier alpha value is -1.16. The lowest BCUT2D eigenvalue weighted by Gasteiger charge is -2.23. The fourth-order valence-corrected chi connectivity index (χ4v) is 4.14. The molecule has 2 fully saturated rings. The van der Waals surface area contributed by atoms with Crippen LogP contribution >= 0.6 is 11.8 Å². The third kappa shape index (κ3) is 3.54. The molecule has 1 unspecified atom stereocenters. The number of methoxy groups -OCH3 is 1. The van der Waals surface area contributed by atoms with Crippen molar-refractivity contribution < 1.29 is 14.3 Å². The fraction of sp³-hybridized carbons (Fsp3) is 0.588. The van der Waals surface area contributed by atoms with Crippen molar-refractivity contribution in [3.8, 4) is 11.5 Å². The number of carbonyl (C=O) groups is 1. The number of thioether (sulfide) groups is 1. The minimum absolute atomic E-state index is 0.306. The molecule has 0 N–H and O–H groups in total. The number of hydrogen-bond acceptors (Lipinski definition) is 4. The van der Waals surface area contributed by atoms with Gasteiger partial charge in [0.1, 0.15) is 0 Å². The Kier molecular flexibility index (Phi) is 4.73. The van der Waals surface area contributed by atoms with Crippen molar-refractivity contribution >= 4 is 16.9 Å². The lowest BCUT2D eigenvalue weighted by molar-refractivity contribution is -0.111. The summed E-state index contributed by atoms with van der Waals surface area (Å²) in [5.74, 6) is 2.89. The first-order valence-corrected chi connectivity index (χ1v) is 8.75. The van der Waals surface area contributed by atoms with E-state index in [1.165, 1.54) is 30.2 Å². The zero-order valence-corrected chi connectivity index (χ0v) is 13.3. The highest BCUT2D eigenvalue weighted by molar-refractivity contribution is 8.13. The van der Waals surface area contributed by atoms with Gasteiger partial charge in [0.25, 0.3) is 0 Å². The third-order valence-corrected chi connectivity index (χ3v) is 5.33. The normalized spacial score (nSPS) is 23.3.